The number of allylic oxidation sites excluding steroid dienone is 2. The summed E-state index contributed by atoms with van der Waals surface area (Å²) < 4.78 is 20.2. The highest BCUT2D eigenvalue weighted by Gasteiger charge is 2.55. The van der Waals surface area contributed by atoms with E-state index in [0.29, 0.717) is 0 Å². The number of phosphoric ester groups is 1. The van der Waals surface area contributed by atoms with Gasteiger partial charge in [-0.05, 0) is 12.2 Å². The van der Waals surface area contributed by atoms with Crippen molar-refractivity contribution in [3.05, 3.63) is 24.3 Å². The van der Waals surface area contributed by atoms with Gasteiger partial charge in [0.25, 0.3) is 0 Å². The average Bonchev–Trinajstić information content (AvgIpc) is 2.74. The molecule has 10 nitrogen and oxygen atoms in total. The summed E-state index contributed by atoms with van der Waals surface area (Å²) in [7, 11) is -4.81. The molecule has 0 aromatic carbocycles. The molecule has 1 aliphatic carbocycles. The lowest BCUT2D eigenvalue weighted by Gasteiger charge is -2.32. The molecule has 2 aliphatic rings. The van der Waals surface area contributed by atoms with E-state index < -0.39 is 50.2 Å². The summed E-state index contributed by atoms with van der Waals surface area (Å²) in [5.74, 6) is -1.37. The molecule has 1 fully saturated rings. The number of aliphatic carboxylic acids is 1. The molecular weight excluding hydrogens is 333 g/mol. The third-order valence-electron chi connectivity index (χ3n) is 3.69. The molecule has 0 saturated carbocycles. The fraction of sp³-hybridized carbons (Fsp3) is 0.500. The van der Waals surface area contributed by atoms with E-state index >= 15 is 0 Å². The molecule has 23 heavy (non-hydrogen) atoms. The number of hydrogen-bond donors (Lipinski definition) is 6. The molecule has 0 spiro atoms. The minimum atomic E-state index is -4.81. The van der Waals surface area contributed by atoms with Crippen LogP contribution >= 0.6 is 7.82 Å². The summed E-state index contributed by atoms with van der Waals surface area (Å²) in [5.41, 5.74) is -1.77. The second-order valence-electron chi connectivity index (χ2n) is 5.22. The lowest BCUT2D eigenvalue weighted by atomic mass is 9.76. The second-order valence-corrected chi connectivity index (χ2v) is 6.46. The summed E-state index contributed by atoms with van der Waals surface area (Å²) >= 11 is 0. The molecule has 11 heteroatoms. The van der Waals surface area contributed by atoms with Crippen LogP contribution in [0.1, 0.15) is 0 Å². The zero-order valence-corrected chi connectivity index (χ0v) is 12.5. The SMILES string of the molecule is N=C1C=CC(C(=O)O)(C2O[C@H](COP(=O)(O)O)[C@@H](O)C2O)C=C1. The van der Waals surface area contributed by atoms with E-state index in [1.165, 1.54) is 12.2 Å². The first-order valence-electron chi connectivity index (χ1n) is 6.49. The van der Waals surface area contributed by atoms with Crippen LogP contribution < -0.4 is 0 Å². The van der Waals surface area contributed by atoms with Crippen LogP contribution in [0.5, 0.6) is 0 Å². The van der Waals surface area contributed by atoms with E-state index in [2.05, 4.69) is 4.52 Å². The van der Waals surface area contributed by atoms with Crippen molar-refractivity contribution in [1.82, 2.24) is 0 Å². The van der Waals surface area contributed by atoms with E-state index in [-0.39, 0.29) is 5.71 Å². The highest BCUT2D eigenvalue weighted by molar-refractivity contribution is 7.46. The number of rotatable bonds is 5. The fourth-order valence-corrected chi connectivity index (χ4v) is 2.81. The van der Waals surface area contributed by atoms with Gasteiger partial charge in [-0.15, -0.1) is 0 Å². The maximum absolute atomic E-state index is 11.6. The van der Waals surface area contributed by atoms with Crippen LogP contribution in [0, 0.1) is 10.8 Å². The van der Waals surface area contributed by atoms with Crippen LogP contribution in [0.4, 0.5) is 0 Å². The minimum absolute atomic E-state index is 0.0521. The standard InChI is InChI=1S/C12H16NO9P/c13-6-1-3-12(4-2-6,11(16)17)10-9(15)8(14)7(22-10)5-21-23(18,19)20/h1-4,7-10,13-15H,5H2,(H,16,17)(H2,18,19,20)/t7-,8-,9?,10?,12?/m1/s1. The highest BCUT2D eigenvalue weighted by atomic mass is 31.2. The van der Waals surface area contributed by atoms with Crippen molar-refractivity contribution in [2.24, 2.45) is 5.41 Å². The quantitative estimate of drug-likeness (QED) is 0.333. The Kier molecular flexibility index (Phi) is 4.88. The van der Waals surface area contributed by atoms with E-state index in [0.717, 1.165) is 12.2 Å². The maximum Gasteiger partial charge on any atom is 0.469 e. The molecule has 6 N–H and O–H groups in total. The number of nitrogens with one attached hydrogen (secondary N) is 1. The first kappa shape index (κ1) is 18.0. The largest absolute Gasteiger partial charge is 0.480 e. The molecule has 2 rings (SSSR count). The second kappa shape index (κ2) is 6.25. The number of phosphoric acid groups is 1. The summed E-state index contributed by atoms with van der Waals surface area (Å²) in [4.78, 5) is 29.0. The Morgan fingerprint density at radius 1 is 1.30 bits per heavy atom. The van der Waals surface area contributed by atoms with Gasteiger partial charge in [-0.2, -0.15) is 0 Å². The van der Waals surface area contributed by atoms with Crippen LogP contribution in [0.15, 0.2) is 24.3 Å². The fourth-order valence-electron chi connectivity index (χ4n) is 2.47. The lowest BCUT2D eigenvalue weighted by Crippen LogP contribution is -2.47. The van der Waals surface area contributed by atoms with Gasteiger partial charge in [0.1, 0.15) is 29.8 Å². The third-order valence-corrected chi connectivity index (χ3v) is 4.17. The van der Waals surface area contributed by atoms with Crippen LogP contribution in [-0.4, -0.2) is 67.8 Å². The Bertz CT molecular complexity index is 594. The lowest BCUT2D eigenvalue weighted by molar-refractivity contribution is -0.153. The number of hydrogen-bond acceptors (Lipinski definition) is 7. The van der Waals surface area contributed by atoms with Crippen molar-refractivity contribution in [2.45, 2.75) is 24.4 Å². The van der Waals surface area contributed by atoms with Gasteiger partial charge in [-0.3, -0.25) is 9.32 Å². The van der Waals surface area contributed by atoms with Crippen molar-refractivity contribution in [1.29, 1.82) is 5.41 Å². The molecular formula is C12H16NO9P. The van der Waals surface area contributed by atoms with Crippen molar-refractivity contribution in [2.75, 3.05) is 6.61 Å². The maximum atomic E-state index is 11.6. The normalized spacial score (nSPS) is 37.3. The van der Waals surface area contributed by atoms with E-state index in [4.69, 9.17) is 19.9 Å². The van der Waals surface area contributed by atoms with Crippen LogP contribution in [-0.2, 0) is 18.6 Å². The Balaban J connectivity index is 2.23. The molecule has 0 bridgehead atoms. The first-order valence-corrected chi connectivity index (χ1v) is 8.02. The molecule has 0 radical (unpaired) electrons. The number of aliphatic hydroxyl groups excluding tert-OH is 2. The van der Waals surface area contributed by atoms with Gasteiger partial charge in [0, 0.05) is 0 Å². The van der Waals surface area contributed by atoms with Crippen molar-refractivity contribution in [3.8, 4) is 0 Å². The van der Waals surface area contributed by atoms with E-state index in [1.54, 1.807) is 0 Å². The van der Waals surface area contributed by atoms with Crippen molar-refractivity contribution < 1.29 is 43.7 Å². The van der Waals surface area contributed by atoms with E-state index in [1.807, 2.05) is 0 Å². The smallest absolute Gasteiger partial charge is 0.469 e. The van der Waals surface area contributed by atoms with Crippen molar-refractivity contribution in [3.63, 3.8) is 0 Å². The number of carboxylic acid groups (broad SMARTS) is 1. The molecule has 4 atom stereocenters. The molecule has 1 saturated heterocycles. The Morgan fingerprint density at radius 3 is 2.35 bits per heavy atom. The third kappa shape index (κ3) is 3.59. The van der Waals surface area contributed by atoms with Gasteiger partial charge in [0.05, 0.1) is 12.3 Å². The Labute approximate surface area is 130 Å². The van der Waals surface area contributed by atoms with Crippen LogP contribution in [0.25, 0.3) is 0 Å². The first-order chi connectivity index (χ1) is 10.6. The monoisotopic (exact) mass is 349 g/mol. The van der Waals surface area contributed by atoms with Crippen LogP contribution in [0.2, 0.25) is 0 Å². The minimum Gasteiger partial charge on any atom is -0.480 e. The molecule has 128 valence electrons. The molecule has 0 aromatic rings. The number of aliphatic hydroxyl groups is 2. The topological polar surface area (TPSA) is 178 Å². The zero-order chi connectivity index (χ0) is 17.4. The molecule has 0 aromatic heterocycles. The predicted octanol–water partition coefficient (Wildman–Crippen LogP) is -1.20. The van der Waals surface area contributed by atoms with Crippen LogP contribution in [0.3, 0.4) is 0 Å². The summed E-state index contributed by atoms with van der Waals surface area (Å²) in [6, 6.07) is 0. The molecule has 1 aliphatic heterocycles. The summed E-state index contributed by atoms with van der Waals surface area (Å²) in [6.07, 6.45) is -1.20. The zero-order valence-electron chi connectivity index (χ0n) is 11.6. The Hall–Kier alpha value is -1.39. The molecule has 2 unspecified atom stereocenters. The summed E-state index contributed by atoms with van der Waals surface area (Å²) in [5, 5.41) is 36.9. The highest BCUT2D eigenvalue weighted by Crippen LogP contribution is 2.41. The van der Waals surface area contributed by atoms with Gasteiger partial charge in [-0.25, -0.2) is 4.57 Å². The van der Waals surface area contributed by atoms with E-state index in [9.17, 15) is 24.7 Å². The number of carboxylic acids is 1. The van der Waals surface area contributed by atoms with Gasteiger partial charge >= 0.3 is 13.8 Å². The Morgan fingerprint density at radius 2 is 1.87 bits per heavy atom. The molecule has 1 heterocycles. The van der Waals surface area contributed by atoms with Gasteiger partial charge < -0.3 is 35.3 Å². The average molecular weight is 349 g/mol. The number of ether oxygens (including phenoxy) is 1. The predicted molar refractivity (Wildman–Crippen MR) is 74.7 cm³/mol. The summed E-state index contributed by atoms with van der Waals surface area (Å²) in [6.45, 7) is -0.724. The van der Waals surface area contributed by atoms with Gasteiger partial charge in [-0.1, -0.05) is 12.2 Å². The van der Waals surface area contributed by atoms with Gasteiger partial charge in [0.15, 0.2) is 0 Å². The number of carbonyl (C=O) groups is 1. The van der Waals surface area contributed by atoms with Gasteiger partial charge in [0.2, 0.25) is 0 Å². The van der Waals surface area contributed by atoms with Crippen molar-refractivity contribution >= 4 is 19.5 Å². The molecule has 0 amide bonds.